The second kappa shape index (κ2) is 9.64. The lowest BCUT2D eigenvalue weighted by atomic mass is 10.2. The van der Waals surface area contributed by atoms with Crippen LogP contribution in [0.15, 0.2) is 42.5 Å². The van der Waals surface area contributed by atoms with Crippen LogP contribution in [0.25, 0.3) is 0 Å². The largest absolute Gasteiger partial charge is 0.488 e. The smallest absolute Gasteiger partial charge is 0.129 e. The summed E-state index contributed by atoms with van der Waals surface area (Å²) < 4.78 is 19.3. The molecule has 22 heavy (non-hydrogen) atoms. The molecule has 3 nitrogen and oxygen atoms in total. The van der Waals surface area contributed by atoms with E-state index in [4.69, 9.17) is 21.4 Å². The molecule has 0 aliphatic rings. The van der Waals surface area contributed by atoms with Crippen molar-refractivity contribution in [3.8, 4) is 5.75 Å². The van der Waals surface area contributed by atoms with E-state index in [1.54, 1.807) is 36.4 Å². The summed E-state index contributed by atoms with van der Waals surface area (Å²) >= 11 is 5.98. The summed E-state index contributed by atoms with van der Waals surface area (Å²) in [6, 6.07) is 11.8. The molecule has 0 amide bonds. The highest BCUT2D eigenvalue weighted by Gasteiger charge is 2.07. The van der Waals surface area contributed by atoms with Gasteiger partial charge in [-0.05, 0) is 24.3 Å². The lowest BCUT2D eigenvalue weighted by Gasteiger charge is -2.13. The number of benzene rings is 2. The van der Waals surface area contributed by atoms with Crippen LogP contribution < -0.4 is 10.1 Å². The molecule has 2 aromatic carbocycles. The number of ether oxygens (including phenoxy) is 1. The van der Waals surface area contributed by atoms with E-state index in [2.05, 4.69) is 5.32 Å². The van der Waals surface area contributed by atoms with E-state index >= 15 is 0 Å². The van der Waals surface area contributed by atoms with Crippen LogP contribution in [0, 0.1) is 5.82 Å². The third kappa shape index (κ3) is 5.46. The Hall–Kier alpha value is -1.33. The predicted octanol–water partition coefficient (Wildman–Crippen LogP) is 3.56. The first-order chi connectivity index (χ1) is 10.2. The highest BCUT2D eigenvalue weighted by molar-refractivity contribution is 6.30. The summed E-state index contributed by atoms with van der Waals surface area (Å²) in [6.07, 6.45) is 0. The zero-order chi connectivity index (χ0) is 15.1. The van der Waals surface area contributed by atoms with E-state index in [1.165, 1.54) is 6.07 Å². The van der Waals surface area contributed by atoms with Crippen molar-refractivity contribution in [2.45, 2.75) is 13.2 Å². The van der Waals surface area contributed by atoms with Gasteiger partial charge in [0.15, 0.2) is 0 Å². The Balaban J connectivity index is 0.00000242. The Bertz CT molecular complexity index is 596. The van der Waals surface area contributed by atoms with Gasteiger partial charge in [0.05, 0.1) is 6.61 Å². The highest BCUT2D eigenvalue weighted by Crippen LogP contribution is 2.24. The van der Waals surface area contributed by atoms with Gasteiger partial charge >= 0.3 is 0 Å². The van der Waals surface area contributed by atoms with Crippen LogP contribution in [-0.2, 0) is 13.2 Å². The molecule has 0 spiro atoms. The number of aliphatic hydroxyl groups excluding tert-OH is 1. The average Bonchev–Trinajstić information content (AvgIpc) is 2.48. The Labute approximate surface area is 140 Å². The van der Waals surface area contributed by atoms with Crippen molar-refractivity contribution in [1.29, 1.82) is 0 Å². The Kier molecular flexibility index (Phi) is 8.20. The maximum atomic E-state index is 13.6. The quantitative estimate of drug-likeness (QED) is 0.754. The van der Waals surface area contributed by atoms with Crippen LogP contribution in [0.2, 0.25) is 5.02 Å². The topological polar surface area (TPSA) is 41.5 Å². The van der Waals surface area contributed by atoms with Gasteiger partial charge in [-0.15, -0.1) is 12.4 Å². The summed E-state index contributed by atoms with van der Waals surface area (Å²) in [5, 5.41) is 12.5. The lowest BCUT2D eigenvalue weighted by molar-refractivity contribution is 0.286. The monoisotopic (exact) mass is 345 g/mol. The molecule has 2 aromatic rings. The minimum atomic E-state index is -0.286. The van der Waals surface area contributed by atoms with Gasteiger partial charge in [-0.3, -0.25) is 0 Å². The summed E-state index contributed by atoms with van der Waals surface area (Å²) in [5.74, 6) is 0.361. The van der Waals surface area contributed by atoms with E-state index in [9.17, 15) is 4.39 Å². The molecule has 0 aliphatic heterocycles. The van der Waals surface area contributed by atoms with Crippen molar-refractivity contribution < 1.29 is 14.2 Å². The zero-order valence-electron chi connectivity index (χ0n) is 11.9. The van der Waals surface area contributed by atoms with Crippen LogP contribution in [0.3, 0.4) is 0 Å². The van der Waals surface area contributed by atoms with E-state index in [0.29, 0.717) is 29.4 Å². The van der Waals surface area contributed by atoms with Gasteiger partial charge in [0.1, 0.15) is 18.2 Å². The number of halogens is 3. The lowest BCUT2D eigenvalue weighted by Crippen LogP contribution is -2.18. The molecule has 0 aromatic heterocycles. The predicted molar refractivity (Wildman–Crippen MR) is 88.2 cm³/mol. The Morgan fingerprint density at radius 3 is 2.64 bits per heavy atom. The first kappa shape index (κ1) is 18.7. The first-order valence-electron chi connectivity index (χ1n) is 6.67. The molecule has 2 N–H and O–H groups in total. The molecule has 120 valence electrons. The summed E-state index contributed by atoms with van der Waals surface area (Å²) in [4.78, 5) is 0. The Morgan fingerprint density at radius 1 is 1.14 bits per heavy atom. The SMILES string of the molecule is Cl.OCCNCc1cc(Cl)ccc1OCc1ccccc1F. The number of hydrogen-bond acceptors (Lipinski definition) is 3. The van der Waals surface area contributed by atoms with Crippen LogP contribution in [0.4, 0.5) is 4.39 Å². The second-order valence-electron chi connectivity index (χ2n) is 4.53. The van der Waals surface area contributed by atoms with Crippen LogP contribution in [0.1, 0.15) is 11.1 Å². The van der Waals surface area contributed by atoms with E-state index < -0.39 is 0 Å². The van der Waals surface area contributed by atoms with Gasteiger partial charge in [0.25, 0.3) is 0 Å². The van der Waals surface area contributed by atoms with Gasteiger partial charge in [0, 0.05) is 29.2 Å². The fourth-order valence-corrected chi connectivity index (χ4v) is 2.09. The zero-order valence-corrected chi connectivity index (χ0v) is 13.5. The molecule has 0 bridgehead atoms. The van der Waals surface area contributed by atoms with Crippen molar-refractivity contribution >= 4 is 24.0 Å². The molecule has 0 saturated carbocycles. The van der Waals surface area contributed by atoms with Crippen LogP contribution in [-0.4, -0.2) is 18.3 Å². The molecule has 0 unspecified atom stereocenters. The van der Waals surface area contributed by atoms with Crippen molar-refractivity contribution in [1.82, 2.24) is 5.32 Å². The number of hydrogen-bond donors (Lipinski definition) is 2. The van der Waals surface area contributed by atoms with Crippen molar-refractivity contribution in [2.75, 3.05) is 13.2 Å². The molecule has 0 aliphatic carbocycles. The molecule has 0 atom stereocenters. The van der Waals surface area contributed by atoms with E-state index in [-0.39, 0.29) is 31.4 Å². The number of aliphatic hydroxyl groups is 1. The highest BCUT2D eigenvalue weighted by atomic mass is 35.5. The average molecular weight is 346 g/mol. The minimum absolute atomic E-state index is 0. The van der Waals surface area contributed by atoms with Gasteiger partial charge in [-0.25, -0.2) is 4.39 Å². The first-order valence-corrected chi connectivity index (χ1v) is 7.04. The molecule has 0 radical (unpaired) electrons. The van der Waals surface area contributed by atoms with Crippen molar-refractivity contribution in [3.05, 3.63) is 64.4 Å². The molecule has 0 heterocycles. The molecular formula is C16H18Cl2FNO2. The minimum Gasteiger partial charge on any atom is -0.488 e. The molecule has 0 saturated heterocycles. The van der Waals surface area contributed by atoms with Crippen LogP contribution in [0.5, 0.6) is 5.75 Å². The number of nitrogens with one attached hydrogen (secondary N) is 1. The number of rotatable bonds is 7. The van der Waals surface area contributed by atoms with Gasteiger partial charge in [-0.1, -0.05) is 29.8 Å². The molecule has 6 heteroatoms. The third-order valence-corrected chi connectivity index (χ3v) is 3.20. The maximum absolute atomic E-state index is 13.6. The summed E-state index contributed by atoms with van der Waals surface area (Å²) in [6.45, 7) is 1.22. The summed E-state index contributed by atoms with van der Waals surface area (Å²) in [7, 11) is 0. The van der Waals surface area contributed by atoms with Crippen LogP contribution >= 0.6 is 24.0 Å². The Morgan fingerprint density at radius 2 is 1.91 bits per heavy atom. The standard InChI is InChI=1S/C16H17ClFNO2.ClH/c17-14-5-6-16(13(9-14)10-19-7-8-20)21-11-12-3-1-2-4-15(12)18;/h1-6,9,19-20H,7-8,10-11H2;1H. The summed E-state index contributed by atoms with van der Waals surface area (Å²) in [5.41, 5.74) is 1.37. The maximum Gasteiger partial charge on any atom is 0.129 e. The molecule has 2 rings (SSSR count). The van der Waals surface area contributed by atoms with Crippen molar-refractivity contribution in [2.24, 2.45) is 0 Å². The fraction of sp³-hybridized carbons (Fsp3) is 0.250. The van der Waals surface area contributed by atoms with Gasteiger partial charge < -0.3 is 15.2 Å². The normalized spacial score (nSPS) is 10.1. The van der Waals surface area contributed by atoms with Gasteiger partial charge in [0.2, 0.25) is 0 Å². The fourth-order valence-electron chi connectivity index (χ4n) is 1.90. The van der Waals surface area contributed by atoms with E-state index in [1.807, 2.05) is 0 Å². The molecule has 0 fully saturated rings. The van der Waals surface area contributed by atoms with Crippen molar-refractivity contribution in [3.63, 3.8) is 0 Å². The second-order valence-corrected chi connectivity index (χ2v) is 4.97. The molecular weight excluding hydrogens is 328 g/mol. The third-order valence-electron chi connectivity index (χ3n) is 2.97. The van der Waals surface area contributed by atoms with Gasteiger partial charge in [-0.2, -0.15) is 0 Å². The van der Waals surface area contributed by atoms with E-state index in [0.717, 1.165) is 5.56 Å².